The van der Waals surface area contributed by atoms with E-state index in [0.29, 0.717) is 42.5 Å². The molecule has 174 valence electrons. The zero-order valence-corrected chi connectivity index (χ0v) is 20.7. The lowest BCUT2D eigenvalue weighted by atomic mass is 9.72. The Bertz CT molecular complexity index is 957. The van der Waals surface area contributed by atoms with Gasteiger partial charge in [0.1, 0.15) is 10.8 Å². The van der Waals surface area contributed by atoms with Crippen LogP contribution in [0.5, 0.6) is 5.75 Å². The first kappa shape index (κ1) is 24.3. The maximum atomic E-state index is 12.7. The minimum Gasteiger partial charge on any atom is -0.493 e. The summed E-state index contributed by atoms with van der Waals surface area (Å²) in [7, 11) is 0. The second-order valence-electron chi connectivity index (χ2n) is 9.50. The van der Waals surface area contributed by atoms with E-state index in [2.05, 4.69) is 26.1 Å². The first-order valence-corrected chi connectivity index (χ1v) is 12.3. The van der Waals surface area contributed by atoms with Gasteiger partial charge in [0.15, 0.2) is 0 Å². The molecule has 0 bridgehead atoms. The number of nitrogens with one attached hydrogen (secondary N) is 1. The maximum absolute atomic E-state index is 12.7. The number of anilines is 1. The van der Waals surface area contributed by atoms with E-state index in [0.717, 1.165) is 36.1 Å². The van der Waals surface area contributed by atoms with E-state index in [1.54, 1.807) is 6.92 Å². The summed E-state index contributed by atoms with van der Waals surface area (Å²) in [6.45, 7) is 11.4. The van der Waals surface area contributed by atoms with Gasteiger partial charge in [-0.15, -0.1) is 11.3 Å². The number of benzene rings is 1. The summed E-state index contributed by atoms with van der Waals surface area (Å²) < 4.78 is 11.1. The Labute approximate surface area is 195 Å². The summed E-state index contributed by atoms with van der Waals surface area (Å²) in [5.41, 5.74) is 2.91. The lowest BCUT2D eigenvalue weighted by molar-refractivity contribution is -0.116. The van der Waals surface area contributed by atoms with Gasteiger partial charge in [0.2, 0.25) is 5.91 Å². The quantitative estimate of drug-likeness (QED) is 0.380. The molecule has 3 rings (SSSR count). The summed E-state index contributed by atoms with van der Waals surface area (Å²) in [4.78, 5) is 26.6. The smallest absolute Gasteiger partial charge is 0.341 e. The number of thiophene rings is 1. The van der Waals surface area contributed by atoms with Crippen molar-refractivity contribution in [2.75, 3.05) is 18.5 Å². The topological polar surface area (TPSA) is 64.6 Å². The second-order valence-corrected chi connectivity index (χ2v) is 10.6. The third kappa shape index (κ3) is 5.91. The molecule has 1 atom stereocenters. The van der Waals surface area contributed by atoms with Crippen LogP contribution in [0.4, 0.5) is 5.00 Å². The van der Waals surface area contributed by atoms with Gasteiger partial charge in [-0.25, -0.2) is 4.79 Å². The van der Waals surface area contributed by atoms with Gasteiger partial charge in [0.05, 0.1) is 18.8 Å². The van der Waals surface area contributed by atoms with Crippen molar-refractivity contribution >= 4 is 28.2 Å². The van der Waals surface area contributed by atoms with Crippen LogP contribution in [0.25, 0.3) is 0 Å². The second kappa shape index (κ2) is 10.5. The first-order chi connectivity index (χ1) is 15.2. The van der Waals surface area contributed by atoms with Crippen LogP contribution < -0.4 is 10.1 Å². The monoisotopic (exact) mass is 457 g/mol. The summed E-state index contributed by atoms with van der Waals surface area (Å²) in [5.74, 6) is 0.968. The van der Waals surface area contributed by atoms with E-state index < -0.39 is 0 Å². The Morgan fingerprint density at radius 1 is 1.22 bits per heavy atom. The molecule has 0 saturated carbocycles. The van der Waals surface area contributed by atoms with Crippen LogP contribution in [0, 0.1) is 18.3 Å². The molecule has 5 nitrogen and oxygen atoms in total. The molecule has 0 aliphatic heterocycles. The fourth-order valence-electron chi connectivity index (χ4n) is 4.15. The van der Waals surface area contributed by atoms with Crippen molar-refractivity contribution in [3.8, 4) is 5.75 Å². The van der Waals surface area contributed by atoms with Crippen molar-refractivity contribution in [2.45, 2.75) is 66.7 Å². The Morgan fingerprint density at radius 2 is 1.97 bits per heavy atom. The van der Waals surface area contributed by atoms with E-state index in [1.807, 2.05) is 31.2 Å². The van der Waals surface area contributed by atoms with Crippen molar-refractivity contribution in [1.82, 2.24) is 0 Å². The molecule has 1 aliphatic rings. The Balaban J connectivity index is 1.65. The highest BCUT2D eigenvalue weighted by molar-refractivity contribution is 7.17. The molecule has 0 spiro atoms. The fourth-order valence-corrected chi connectivity index (χ4v) is 5.49. The van der Waals surface area contributed by atoms with Gasteiger partial charge in [0, 0.05) is 11.3 Å². The summed E-state index contributed by atoms with van der Waals surface area (Å²) >= 11 is 1.54. The number of rotatable bonds is 8. The number of aryl methyl sites for hydroxylation is 1. The molecule has 1 N–H and O–H groups in total. The predicted octanol–water partition coefficient (Wildman–Crippen LogP) is 6.18. The van der Waals surface area contributed by atoms with Crippen LogP contribution in [-0.2, 0) is 22.4 Å². The molecule has 1 aromatic heterocycles. The Morgan fingerprint density at radius 3 is 2.66 bits per heavy atom. The van der Waals surface area contributed by atoms with Gasteiger partial charge in [0.25, 0.3) is 0 Å². The molecule has 2 aromatic rings. The highest BCUT2D eigenvalue weighted by Gasteiger charge is 2.34. The molecule has 1 aliphatic carbocycles. The predicted molar refractivity (Wildman–Crippen MR) is 130 cm³/mol. The summed E-state index contributed by atoms with van der Waals surface area (Å²) in [6.07, 6.45) is 3.77. The van der Waals surface area contributed by atoms with Crippen LogP contribution in [0.1, 0.15) is 73.3 Å². The van der Waals surface area contributed by atoms with E-state index in [1.165, 1.54) is 16.2 Å². The molecule has 1 heterocycles. The van der Waals surface area contributed by atoms with Crippen LogP contribution >= 0.6 is 11.3 Å². The molecule has 6 heteroatoms. The van der Waals surface area contributed by atoms with Crippen molar-refractivity contribution in [1.29, 1.82) is 0 Å². The van der Waals surface area contributed by atoms with Crippen molar-refractivity contribution < 1.29 is 19.1 Å². The lowest BCUT2D eigenvalue weighted by Gasteiger charge is -2.33. The largest absolute Gasteiger partial charge is 0.493 e. The Kier molecular flexibility index (Phi) is 7.99. The molecule has 1 aromatic carbocycles. The first-order valence-electron chi connectivity index (χ1n) is 11.5. The van der Waals surface area contributed by atoms with Crippen molar-refractivity contribution in [3.63, 3.8) is 0 Å². The number of esters is 1. The molecule has 0 fully saturated rings. The van der Waals surface area contributed by atoms with Crippen molar-refractivity contribution in [2.24, 2.45) is 11.3 Å². The van der Waals surface area contributed by atoms with Crippen LogP contribution in [0.2, 0.25) is 0 Å². The number of hydrogen-bond donors (Lipinski definition) is 1. The molecular formula is C26H35NO4S. The molecule has 32 heavy (non-hydrogen) atoms. The summed E-state index contributed by atoms with van der Waals surface area (Å²) in [5, 5.41) is 3.63. The van der Waals surface area contributed by atoms with E-state index >= 15 is 0 Å². The zero-order valence-electron chi connectivity index (χ0n) is 19.9. The summed E-state index contributed by atoms with van der Waals surface area (Å²) in [6, 6.07) is 7.85. The SMILES string of the molecule is CCOC(=O)c1c(NC(=O)CCCOc2ccccc2C)sc2c1CCC(C(C)(C)C)C2. The zero-order chi connectivity index (χ0) is 23.3. The molecule has 0 radical (unpaired) electrons. The fraction of sp³-hybridized carbons (Fsp3) is 0.538. The van der Waals surface area contributed by atoms with Crippen LogP contribution in [-0.4, -0.2) is 25.1 Å². The van der Waals surface area contributed by atoms with Crippen molar-refractivity contribution in [3.05, 3.63) is 45.8 Å². The average molecular weight is 458 g/mol. The van der Waals surface area contributed by atoms with Gasteiger partial charge in [-0.2, -0.15) is 0 Å². The van der Waals surface area contributed by atoms with Gasteiger partial charge in [-0.05, 0) is 68.1 Å². The third-order valence-corrected chi connectivity index (χ3v) is 7.29. The van der Waals surface area contributed by atoms with Crippen LogP contribution in [0.3, 0.4) is 0 Å². The van der Waals surface area contributed by atoms with Gasteiger partial charge in [-0.1, -0.05) is 39.0 Å². The Hall–Kier alpha value is -2.34. The minimum absolute atomic E-state index is 0.102. The van der Waals surface area contributed by atoms with E-state index in [4.69, 9.17) is 9.47 Å². The molecule has 1 unspecified atom stereocenters. The maximum Gasteiger partial charge on any atom is 0.341 e. The molecule has 0 saturated heterocycles. The minimum atomic E-state index is -0.336. The lowest BCUT2D eigenvalue weighted by Crippen LogP contribution is -2.26. The van der Waals surface area contributed by atoms with Crippen LogP contribution in [0.15, 0.2) is 24.3 Å². The van der Waals surface area contributed by atoms with Gasteiger partial charge in [-0.3, -0.25) is 4.79 Å². The molecular weight excluding hydrogens is 422 g/mol. The number of carbonyl (C=O) groups is 2. The van der Waals surface area contributed by atoms with E-state index in [-0.39, 0.29) is 17.3 Å². The number of ether oxygens (including phenoxy) is 2. The molecule has 1 amide bonds. The number of hydrogen-bond acceptors (Lipinski definition) is 5. The number of fused-ring (bicyclic) bond motifs is 1. The number of amides is 1. The standard InChI is InChI=1S/C26H35NO4S/c1-6-30-25(29)23-19-14-13-18(26(3,4)5)16-21(19)32-24(23)27-22(28)12-9-15-31-20-11-8-7-10-17(20)2/h7-8,10-11,18H,6,9,12-16H2,1-5H3,(H,27,28). The highest BCUT2D eigenvalue weighted by Crippen LogP contribution is 2.44. The average Bonchev–Trinajstić information content (AvgIpc) is 3.09. The highest BCUT2D eigenvalue weighted by atomic mass is 32.1. The van der Waals surface area contributed by atoms with Gasteiger partial charge >= 0.3 is 5.97 Å². The van der Waals surface area contributed by atoms with Gasteiger partial charge < -0.3 is 14.8 Å². The normalized spacial score (nSPS) is 15.7. The number of carbonyl (C=O) groups excluding carboxylic acids is 2. The number of para-hydroxylation sites is 1. The third-order valence-electron chi connectivity index (χ3n) is 6.12. The van der Waals surface area contributed by atoms with E-state index in [9.17, 15) is 9.59 Å².